The van der Waals surface area contributed by atoms with Gasteiger partial charge < -0.3 is 19.4 Å². The van der Waals surface area contributed by atoms with Crippen molar-refractivity contribution in [1.29, 1.82) is 0 Å². The van der Waals surface area contributed by atoms with E-state index in [0.29, 0.717) is 29.0 Å². The molecule has 2 N–H and O–H groups in total. The summed E-state index contributed by atoms with van der Waals surface area (Å²) < 4.78 is 5.05. The number of nitrogens with one attached hydrogen (secondary N) is 2. The van der Waals surface area contributed by atoms with E-state index in [4.69, 9.17) is 4.52 Å². The largest absolute Gasteiger partial charge is 0.361 e. The van der Waals surface area contributed by atoms with Gasteiger partial charge in [-0.15, -0.1) is 0 Å². The molecule has 0 bridgehead atoms. The number of benzene rings is 2. The maximum Gasteiger partial charge on any atom is 0.323 e. The maximum absolute atomic E-state index is 13.0. The average molecular weight is 348 g/mol. The second-order valence-electron chi connectivity index (χ2n) is 6.01. The molecule has 0 saturated heterocycles. The average Bonchev–Trinajstić information content (AvgIpc) is 3.24. The Labute approximate surface area is 148 Å². The van der Waals surface area contributed by atoms with Gasteiger partial charge in [0.25, 0.3) is 5.91 Å². The van der Waals surface area contributed by atoms with Crippen LogP contribution in [0.15, 0.2) is 63.9 Å². The smallest absolute Gasteiger partial charge is 0.323 e. The minimum atomic E-state index is -0.287. The van der Waals surface area contributed by atoms with E-state index in [9.17, 15) is 9.59 Å². The fourth-order valence-electron chi connectivity index (χ4n) is 2.84. The highest BCUT2D eigenvalue weighted by atomic mass is 16.5. The van der Waals surface area contributed by atoms with Gasteiger partial charge in [0.1, 0.15) is 5.76 Å². The Morgan fingerprint density at radius 3 is 2.58 bits per heavy atom. The van der Waals surface area contributed by atoms with E-state index < -0.39 is 0 Å². The molecule has 2 aromatic carbocycles. The highest BCUT2D eigenvalue weighted by Gasteiger charge is 2.22. The van der Waals surface area contributed by atoms with Crippen molar-refractivity contribution in [3.63, 3.8) is 0 Å². The van der Waals surface area contributed by atoms with Crippen molar-refractivity contribution in [2.45, 2.75) is 13.5 Å². The number of anilines is 1. The van der Waals surface area contributed by atoms with Crippen molar-refractivity contribution in [3.8, 4) is 0 Å². The standard InChI is InChI=1S/C19H16N4O3/c1-12-9-17(22-26-12)18(24)23(11-13-5-3-2-4-6-13)14-7-8-15-16(10-14)21-19(25)20-15/h2-10H,11H2,1H3,(H2,20,21,25). The molecule has 0 spiro atoms. The molecule has 4 rings (SSSR count). The first-order chi connectivity index (χ1) is 12.6. The molecule has 7 nitrogen and oxygen atoms in total. The Balaban J connectivity index is 1.77. The summed E-state index contributed by atoms with van der Waals surface area (Å²) in [6.07, 6.45) is 0. The van der Waals surface area contributed by atoms with E-state index in [2.05, 4.69) is 15.1 Å². The summed E-state index contributed by atoms with van der Waals surface area (Å²) in [5, 5.41) is 3.84. The normalized spacial score (nSPS) is 11.0. The highest BCUT2D eigenvalue weighted by Crippen LogP contribution is 2.23. The van der Waals surface area contributed by atoms with E-state index in [-0.39, 0.29) is 17.3 Å². The molecule has 2 heterocycles. The molecule has 0 radical (unpaired) electrons. The number of imidazole rings is 1. The van der Waals surface area contributed by atoms with Gasteiger partial charge in [0.05, 0.1) is 17.6 Å². The summed E-state index contributed by atoms with van der Waals surface area (Å²) >= 11 is 0. The van der Waals surface area contributed by atoms with Gasteiger partial charge >= 0.3 is 5.69 Å². The topological polar surface area (TPSA) is 95.0 Å². The van der Waals surface area contributed by atoms with Crippen molar-refractivity contribution in [2.75, 3.05) is 4.90 Å². The molecule has 0 aliphatic carbocycles. The highest BCUT2D eigenvalue weighted by molar-refractivity contribution is 6.05. The van der Waals surface area contributed by atoms with E-state index in [1.54, 1.807) is 36.1 Å². The molecule has 7 heteroatoms. The van der Waals surface area contributed by atoms with Gasteiger partial charge in [-0.05, 0) is 30.7 Å². The molecule has 0 saturated carbocycles. The van der Waals surface area contributed by atoms with Gasteiger partial charge in [0, 0.05) is 11.8 Å². The number of amides is 1. The first-order valence-electron chi connectivity index (χ1n) is 8.11. The molecule has 1 amide bonds. The number of H-pyrrole nitrogens is 2. The second-order valence-corrected chi connectivity index (χ2v) is 6.01. The molecule has 26 heavy (non-hydrogen) atoms. The van der Waals surface area contributed by atoms with Crippen LogP contribution in [0.3, 0.4) is 0 Å². The first-order valence-corrected chi connectivity index (χ1v) is 8.11. The third kappa shape index (κ3) is 3.02. The van der Waals surface area contributed by atoms with Crippen molar-refractivity contribution in [2.24, 2.45) is 0 Å². The predicted octanol–water partition coefficient (Wildman–Crippen LogP) is 3.00. The van der Waals surface area contributed by atoms with Crippen LogP contribution in [0, 0.1) is 6.92 Å². The number of nitrogens with zero attached hydrogens (tertiary/aromatic N) is 2. The van der Waals surface area contributed by atoms with Crippen molar-refractivity contribution in [1.82, 2.24) is 15.1 Å². The summed E-state index contributed by atoms with van der Waals surface area (Å²) in [5.41, 5.74) is 2.90. The molecule has 0 aliphatic rings. The fraction of sp³-hybridized carbons (Fsp3) is 0.105. The lowest BCUT2D eigenvalue weighted by Gasteiger charge is -2.22. The molecule has 130 valence electrons. The molecular weight excluding hydrogens is 332 g/mol. The van der Waals surface area contributed by atoms with Crippen LogP contribution in [-0.2, 0) is 6.54 Å². The van der Waals surface area contributed by atoms with Gasteiger partial charge in [0.15, 0.2) is 5.69 Å². The number of hydrogen-bond donors (Lipinski definition) is 2. The Morgan fingerprint density at radius 1 is 1.08 bits per heavy atom. The van der Waals surface area contributed by atoms with Crippen LogP contribution >= 0.6 is 0 Å². The first kappa shape index (κ1) is 15.9. The Kier molecular flexibility index (Phi) is 3.89. The SMILES string of the molecule is Cc1cc(C(=O)N(Cc2ccccc2)c2ccc3[nH]c(=O)[nH]c3c2)no1. The number of carbonyl (C=O) groups excluding carboxylic acids is 1. The van der Waals surface area contributed by atoms with Gasteiger partial charge in [-0.3, -0.25) is 4.79 Å². The molecule has 4 aromatic rings. The molecule has 0 atom stereocenters. The summed E-state index contributed by atoms with van der Waals surface area (Å²) in [4.78, 5) is 31.6. The van der Waals surface area contributed by atoms with Crippen LogP contribution in [-0.4, -0.2) is 21.0 Å². The number of rotatable bonds is 4. The van der Waals surface area contributed by atoms with Crippen molar-refractivity contribution in [3.05, 3.63) is 82.1 Å². The van der Waals surface area contributed by atoms with Crippen LogP contribution in [0.25, 0.3) is 11.0 Å². The molecule has 0 unspecified atom stereocenters. The van der Waals surface area contributed by atoms with E-state index in [1.807, 2.05) is 30.3 Å². The van der Waals surface area contributed by atoms with Crippen LogP contribution in [0.5, 0.6) is 0 Å². The lowest BCUT2D eigenvalue weighted by molar-refractivity contribution is 0.0976. The molecule has 0 fully saturated rings. The Bertz CT molecular complexity index is 1120. The van der Waals surface area contributed by atoms with E-state index >= 15 is 0 Å². The number of carbonyl (C=O) groups is 1. The summed E-state index contributed by atoms with van der Waals surface area (Å²) in [7, 11) is 0. The summed E-state index contributed by atoms with van der Waals surface area (Å²) in [6.45, 7) is 2.10. The third-order valence-corrected chi connectivity index (χ3v) is 4.09. The van der Waals surface area contributed by atoms with E-state index in [1.165, 1.54) is 0 Å². The monoisotopic (exact) mass is 348 g/mol. The minimum Gasteiger partial charge on any atom is -0.361 e. The number of hydrogen-bond acceptors (Lipinski definition) is 4. The van der Waals surface area contributed by atoms with Crippen molar-refractivity contribution >= 4 is 22.6 Å². The van der Waals surface area contributed by atoms with Gasteiger partial charge in [-0.1, -0.05) is 35.5 Å². The number of aromatic nitrogens is 3. The Hall–Kier alpha value is -3.61. The van der Waals surface area contributed by atoms with E-state index in [0.717, 1.165) is 5.56 Å². The van der Waals surface area contributed by atoms with Crippen LogP contribution in [0.4, 0.5) is 5.69 Å². The maximum atomic E-state index is 13.0. The summed E-state index contributed by atoms with van der Waals surface area (Å²) in [5.74, 6) is 0.293. The molecule has 2 aromatic heterocycles. The Morgan fingerprint density at radius 2 is 1.85 bits per heavy atom. The lowest BCUT2D eigenvalue weighted by atomic mass is 10.1. The van der Waals surface area contributed by atoms with Crippen LogP contribution < -0.4 is 10.6 Å². The second kappa shape index (κ2) is 6.36. The number of aromatic amines is 2. The molecule has 0 aliphatic heterocycles. The van der Waals surface area contributed by atoms with Gasteiger partial charge in [0.2, 0.25) is 0 Å². The lowest BCUT2D eigenvalue weighted by Crippen LogP contribution is -2.30. The quantitative estimate of drug-likeness (QED) is 0.593. The molecular formula is C19H16N4O3. The zero-order chi connectivity index (χ0) is 18.1. The van der Waals surface area contributed by atoms with Crippen LogP contribution in [0.2, 0.25) is 0 Å². The van der Waals surface area contributed by atoms with Gasteiger partial charge in [-0.25, -0.2) is 4.79 Å². The van der Waals surface area contributed by atoms with Gasteiger partial charge in [-0.2, -0.15) is 0 Å². The third-order valence-electron chi connectivity index (χ3n) is 4.09. The van der Waals surface area contributed by atoms with Crippen LogP contribution in [0.1, 0.15) is 21.8 Å². The van der Waals surface area contributed by atoms with Crippen molar-refractivity contribution < 1.29 is 9.32 Å². The zero-order valence-electron chi connectivity index (χ0n) is 14.0. The zero-order valence-corrected chi connectivity index (χ0v) is 14.0. The minimum absolute atomic E-state index is 0.237. The fourth-order valence-corrected chi connectivity index (χ4v) is 2.84. The number of fused-ring (bicyclic) bond motifs is 1. The number of aryl methyl sites for hydroxylation is 1. The predicted molar refractivity (Wildman–Crippen MR) is 97.1 cm³/mol. The summed E-state index contributed by atoms with van der Waals surface area (Å²) in [6, 6.07) is 16.6.